The third-order valence-electron chi connectivity index (χ3n) is 3.67. The Labute approximate surface area is 145 Å². The first-order valence-electron chi connectivity index (χ1n) is 7.45. The molecular formula is C19H16N4S. The lowest BCUT2D eigenvalue weighted by Gasteiger charge is -2.21. The predicted octanol–water partition coefficient (Wildman–Crippen LogP) is 4.51. The lowest BCUT2D eigenvalue weighted by Crippen LogP contribution is -2.14. The van der Waals surface area contributed by atoms with Gasteiger partial charge >= 0.3 is 0 Å². The van der Waals surface area contributed by atoms with Gasteiger partial charge in [0, 0.05) is 18.3 Å². The minimum absolute atomic E-state index is 0.477. The van der Waals surface area contributed by atoms with Gasteiger partial charge in [-0.1, -0.05) is 60.3 Å². The number of rotatable bonds is 4. The third kappa shape index (κ3) is 3.10. The summed E-state index contributed by atoms with van der Waals surface area (Å²) in [5.41, 5.74) is 3.02. The fraction of sp³-hybridized carbons (Fsp3) is 0.105. The molecule has 1 heterocycles. The Balaban J connectivity index is 2.21. The average Bonchev–Trinajstić information content (AvgIpc) is 2.67. The highest BCUT2D eigenvalue weighted by Crippen LogP contribution is 2.32. The number of hydrogen-bond donors (Lipinski definition) is 0. The number of nitriles is 1. The summed E-state index contributed by atoms with van der Waals surface area (Å²) in [7, 11) is 1.91. The monoisotopic (exact) mass is 332 g/mol. The maximum absolute atomic E-state index is 9.76. The Morgan fingerprint density at radius 2 is 1.58 bits per heavy atom. The number of anilines is 2. The van der Waals surface area contributed by atoms with Crippen LogP contribution < -0.4 is 4.90 Å². The van der Waals surface area contributed by atoms with Crippen molar-refractivity contribution in [2.75, 3.05) is 18.2 Å². The van der Waals surface area contributed by atoms with Crippen LogP contribution in [0.15, 0.2) is 65.8 Å². The molecule has 1 aromatic heterocycles. The zero-order valence-electron chi connectivity index (χ0n) is 13.5. The summed E-state index contributed by atoms with van der Waals surface area (Å²) in [6, 6.07) is 21.9. The van der Waals surface area contributed by atoms with Gasteiger partial charge in [0.2, 0.25) is 0 Å². The number of nitrogens with zero attached hydrogens (tertiary/aromatic N) is 4. The van der Waals surface area contributed by atoms with Gasteiger partial charge in [0.25, 0.3) is 0 Å². The molecule has 118 valence electrons. The van der Waals surface area contributed by atoms with Crippen LogP contribution in [0.1, 0.15) is 5.56 Å². The molecule has 4 nitrogen and oxygen atoms in total. The summed E-state index contributed by atoms with van der Waals surface area (Å²) >= 11 is 1.47. The summed E-state index contributed by atoms with van der Waals surface area (Å²) in [4.78, 5) is 11.1. The number of thioether (sulfide) groups is 1. The van der Waals surface area contributed by atoms with Crippen molar-refractivity contribution in [2.45, 2.75) is 5.16 Å². The molecule has 2 aromatic carbocycles. The van der Waals surface area contributed by atoms with Crippen LogP contribution in [0.3, 0.4) is 0 Å². The molecule has 0 fully saturated rings. The number of benzene rings is 2. The summed E-state index contributed by atoms with van der Waals surface area (Å²) in [5.74, 6) is 0.613. The summed E-state index contributed by atoms with van der Waals surface area (Å²) in [6.45, 7) is 0. The second kappa shape index (κ2) is 7.16. The molecule has 0 N–H and O–H groups in total. The topological polar surface area (TPSA) is 52.8 Å². The van der Waals surface area contributed by atoms with Crippen molar-refractivity contribution in [3.8, 4) is 17.3 Å². The van der Waals surface area contributed by atoms with Crippen LogP contribution in [0.5, 0.6) is 0 Å². The second-order valence-electron chi connectivity index (χ2n) is 5.13. The van der Waals surface area contributed by atoms with Crippen LogP contribution in [0.25, 0.3) is 11.3 Å². The maximum atomic E-state index is 9.76. The maximum Gasteiger partial charge on any atom is 0.189 e. The molecule has 3 aromatic rings. The molecule has 0 bridgehead atoms. The Hall–Kier alpha value is -2.84. The molecule has 3 rings (SSSR count). The molecule has 0 saturated carbocycles. The first kappa shape index (κ1) is 16.0. The van der Waals surface area contributed by atoms with Crippen LogP contribution in [0.2, 0.25) is 0 Å². The smallest absolute Gasteiger partial charge is 0.189 e. The largest absolute Gasteiger partial charge is 0.328 e. The van der Waals surface area contributed by atoms with Gasteiger partial charge in [-0.2, -0.15) is 5.26 Å². The molecule has 0 spiro atoms. The first-order chi connectivity index (χ1) is 11.7. The van der Waals surface area contributed by atoms with Crippen LogP contribution >= 0.6 is 11.8 Å². The zero-order chi connectivity index (χ0) is 16.9. The van der Waals surface area contributed by atoms with Crippen LogP contribution in [-0.4, -0.2) is 23.3 Å². The van der Waals surface area contributed by atoms with E-state index >= 15 is 0 Å². The fourth-order valence-corrected chi connectivity index (χ4v) is 2.81. The van der Waals surface area contributed by atoms with Gasteiger partial charge < -0.3 is 4.90 Å². The number of aromatic nitrogens is 2. The highest BCUT2D eigenvalue weighted by molar-refractivity contribution is 7.98. The van der Waals surface area contributed by atoms with E-state index in [-0.39, 0.29) is 0 Å². The normalized spacial score (nSPS) is 10.2. The van der Waals surface area contributed by atoms with E-state index in [0.717, 1.165) is 11.3 Å². The number of hydrogen-bond acceptors (Lipinski definition) is 5. The number of para-hydroxylation sites is 1. The highest BCUT2D eigenvalue weighted by atomic mass is 32.2. The van der Waals surface area contributed by atoms with Gasteiger partial charge in [0.15, 0.2) is 11.0 Å². The Morgan fingerprint density at radius 3 is 2.17 bits per heavy atom. The van der Waals surface area contributed by atoms with E-state index in [9.17, 15) is 5.26 Å². The minimum Gasteiger partial charge on any atom is -0.328 e. The molecule has 0 unspecified atom stereocenters. The van der Waals surface area contributed by atoms with Gasteiger partial charge in [-0.05, 0) is 18.4 Å². The van der Waals surface area contributed by atoms with Crippen LogP contribution in [0.4, 0.5) is 11.5 Å². The fourth-order valence-electron chi connectivity index (χ4n) is 2.44. The Bertz CT molecular complexity index is 873. The van der Waals surface area contributed by atoms with E-state index in [0.29, 0.717) is 22.2 Å². The van der Waals surface area contributed by atoms with E-state index in [1.807, 2.05) is 78.9 Å². The van der Waals surface area contributed by atoms with Gasteiger partial charge in [-0.25, -0.2) is 9.97 Å². The highest BCUT2D eigenvalue weighted by Gasteiger charge is 2.19. The zero-order valence-corrected chi connectivity index (χ0v) is 14.3. The molecular weight excluding hydrogens is 316 g/mol. The standard InChI is InChI=1S/C19H16N4S/c1-23(15-11-7-4-8-12-15)18-16(13-20)17(21-19(22-18)24-2)14-9-5-3-6-10-14/h3-12H,1-2H3. The Morgan fingerprint density at radius 1 is 0.958 bits per heavy atom. The van der Waals surface area contributed by atoms with Crippen LogP contribution in [0, 0.1) is 11.3 Å². The predicted molar refractivity (Wildman–Crippen MR) is 98.5 cm³/mol. The van der Waals surface area contributed by atoms with Gasteiger partial charge in [-0.15, -0.1) is 0 Å². The lowest BCUT2D eigenvalue weighted by molar-refractivity contribution is 0.944. The molecule has 24 heavy (non-hydrogen) atoms. The van der Waals surface area contributed by atoms with E-state index < -0.39 is 0 Å². The van der Waals surface area contributed by atoms with E-state index in [4.69, 9.17) is 0 Å². The van der Waals surface area contributed by atoms with Crippen molar-refractivity contribution >= 4 is 23.3 Å². The molecule has 0 atom stereocenters. The minimum atomic E-state index is 0.477. The van der Waals surface area contributed by atoms with E-state index in [1.165, 1.54) is 11.8 Å². The van der Waals surface area contributed by atoms with Crippen molar-refractivity contribution in [3.05, 3.63) is 66.2 Å². The molecule has 0 aliphatic carbocycles. The molecule has 0 saturated heterocycles. The summed E-state index contributed by atoms with van der Waals surface area (Å²) in [6.07, 6.45) is 1.93. The third-order valence-corrected chi connectivity index (χ3v) is 4.22. The second-order valence-corrected chi connectivity index (χ2v) is 5.90. The average molecular weight is 332 g/mol. The Kier molecular flexibility index (Phi) is 4.78. The lowest BCUT2D eigenvalue weighted by atomic mass is 10.1. The molecule has 0 aliphatic heterocycles. The van der Waals surface area contributed by atoms with Gasteiger partial charge in [0.05, 0.1) is 5.69 Å². The molecule has 5 heteroatoms. The SMILES string of the molecule is CSc1nc(-c2ccccc2)c(C#N)c(N(C)c2ccccc2)n1. The molecule has 0 radical (unpaired) electrons. The van der Waals surface area contributed by atoms with Gasteiger partial charge in [0.1, 0.15) is 11.6 Å². The van der Waals surface area contributed by atoms with Crippen LogP contribution in [-0.2, 0) is 0 Å². The van der Waals surface area contributed by atoms with Gasteiger partial charge in [-0.3, -0.25) is 0 Å². The van der Waals surface area contributed by atoms with Crippen molar-refractivity contribution < 1.29 is 0 Å². The van der Waals surface area contributed by atoms with E-state index in [1.54, 1.807) is 0 Å². The van der Waals surface area contributed by atoms with Crippen molar-refractivity contribution in [3.63, 3.8) is 0 Å². The van der Waals surface area contributed by atoms with E-state index in [2.05, 4.69) is 16.0 Å². The molecule has 0 aliphatic rings. The van der Waals surface area contributed by atoms with Crippen molar-refractivity contribution in [1.29, 1.82) is 5.26 Å². The van der Waals surface area contributed by atoms with Crippen molar-refractivity contribution in [1.82, 2.24) is 9.97 Å². The quantitative estimate of drug-likeness (QED) is 0.520. The summed E-state index contributed by atoms with van der Waals surface area (Å²) in [5, 5.41) is 10.4. The first-order valence-corrected chi connectivity index (χ1v) is 8.67. The van der Waals surface area contributed by atoms with Crippen molar-refractivity contribution in [2.24, 2.45) is 0 Å². The molecule has 0 amide bonds. The summed E-state index contributed by atoms with van der Waals surface area (Å²) < 4.78 is 0.